The van der Waals surface area contributed by atoms with Crippen molar-refractivity contribution in [2.75, 3.05) is 32.0 Å². The van der Waals surface area contributed by atoms with Crippen LogP contribution in [0.25, 0.3) is 0 Å². The van der Waals surface area contributed by atoms with Crippen molar-refractivity contribution in [3.8, 4) is 0 Å². The molecule has 2 aromatic rings. The van der Waals surface area contributed by atoms with Crippen LogP contribution in [0.15, 0.2) is 42.5 Å². The number of sulfone groups is 1. The lowest BCUT2D eigenvalue weighted by molar-refractivity contribution is -0.135. The highest BCUT2D eigenvalue weighted by Crippen LogP contribution is 2.19. The standard InChI is InChI=1S/C36H53F2N4O7S/c1-6-12-30(13-7-2)50(47,48)24-32(40-36(46)49-23-34(44)41(9-4)10-5)35(45)42(21-26-15-11-14-25(8-3)16-26)22-33(43)31(39)19-27-17-28(37)20-29(38)18-27/h11,14-18,20,30-33,39,43H,6-10,12-13,19,21-24H2,1-5H3,(H,40,46)/t31-,32+,33+/m0/s1. The summed E-state index contributed by atoms with van der Waals surface area (Å²) >= 11 is 0. The Kier molecular flexibility index (Phi) is 17.8. The minimum absolute atomic E-state index is 0.105. The molecule has 3 atom stereocenters. The Hall–Kier alpha value is -3.62. The fourth-order valence-electron chi connectivity index (χ4n) is 5.76. The highest BCUT2D eigenvalue weighted by atomic mass is 32.2. The van der Waals surface area contributed by atoms with Gasteiger partial charge in [-0.15, -0.1) is 0 Å². The number of alkyl carbamates (subject to hydrolysis) is 1. The van der Waals surface area contributed by atoms with Crippen molar-refractivity contribution in [3.05, 3.63) is 70.8 Å². The molecule has 14 heteroatoms. The fourth-order valence-corrected chi connectivity index (χ4v) is 7.91. The van der Waals surface area contributed by atoms with E-state index >= 15 is 0 Å². The van der Waals surface area contributed by atoms with E-state index in [2.05, 4.69) is 5.32 Å². The minimum atomic E-state index is -3.96. The zero-order chi connectivity index (χ0) is 37.4. The number of likely N-dealkylation sites (N-methyl/N-ethyl adjacent to an activating group) is 1. The van der Waals surface area contributed by atoms with Crippen molar-refractivity contribution in [2.24, 2.45) is 0 Å². The van der Waals surface area contributed by atoms with Crippen LogP contribution in [0.5, 0.6) is 0 Å². The lowest BCUT2D eigenvalue weighted by Crippen LogP contribution is -2.55. The molecule has 279 valence electrons. The molecular formula is C36H53F2N4O7S. The molecule has 3 amide bonds. The van der Waals surface area contributed by atoms with E-state index in [1.54, 1.807) is 26.0 Å². The first-order valence-electron chi connectivity index (χ1n) is 17.3. The first kappa shape index (κ1) is 42.5. The average Bonchev–Trinajstić information content (AvgIpc) is 3.06. The molecular weight excluding hydrogens is 670 g/mol. The Balaban J connectivity index is 2.48. The molecule has 0 saturated heterocycles. The number of aryl methyl sites for hydroxylation is 1. The Bertz CT molecular complexity index is 1480. The molecule has 50 heavy (non-hydrogen) atoms. The molecule has 11 nitrogen and oxygen atoms in total. The topological polar surface area (TPSA) is 157 Å². The normalized spacial score (nSPS) is 13.4. The molecule has 0 spiro atoms. The van der Waals surface area contributed by atoms with E-state index in [1.807, 2.05) is 32.9 Å². The van der Waals surface area contributed by atoms with Crippen LogP contribution in [0.4, 0.5) is 13.6 Å². The smallest absolute Gasteiger partial charge is 0.408 e. The fraction of sp³-hybridized carbons (Fsp3) is 0.583. The number of benzene rings is 2. The monoisotopic (exact) mass is 723 g/mol. The quantitative estimate of drug-likeness (QED) is 0.193. The first-order chi connectivity index (χ1) is 23.7. The van der Waals surface area contributed by atoms with Crippen LogP contribution in [0.3, 0.4) is 0 Å². The summed E-state index contributed by atoms with van der Waals surface area (Å²) in [7, 11) is -3.96. The van der Waals surface area contributed by atoms with Crippen LogP contribution in [-0.4, -0.2) is 96.7 Å². The van der Waals surface area contributed by atoms with Gasteiger partial charge in [0.1, 0.15) is 17.7 Å². The largest absolute Gasteiger partial charge is 0.439 e. The second-order valence-electron chi connectivity index (χ2n) is 12.4. The third-order valence-corrected chi connectivity index (χ3v) is 10.8. The highest BCUT2D eigenvalue weighted by Gasteiger charge is 2.36. The van der Waals surface area contributed by atoms with E-state index < -0.39 is 81.7 Å². The van der Waals surface area contributed by atoms with E-state index in [-0.39, 0.29) is 18.5 Å². The minimum Gasteiger partial charge on any atom is -0.439 e. The Morgan fingerprint density at radius 3 is 2.06 bits per heavy atom. The summed E-state index contributed by atoms with van der Waals surface area (Å²) in [4.78, 5) is 42.4. The molecule has 0 aliphatic carbocycles. The van der Waals surface area contributed by atoms with Crippen molar-refractivity contribution in [1.82, 2.24) is 20.9 Å². The first-order valence-corrected chi connectivity index (χ1v) is 19.0. The summed E-state index contributed by atoms with van der Waals surface area (Å²) in [5.41, 5.74) is 10.3. The number of hydrogen-bond acceptors (Lipinski definition) is 7. The van der Waals surface area contributed by atoms with Crippen LogP contribution < -0.4 is 11.1 Å². The molecule has 0 unspecified atom stereocenters. The van der Waals surface area contributed by atoms with Gasteiger partial charge < -0.3 is 25.0 Å². The number of hydrogen-bond donors (Lipinski definition) is 2. The van der Waals surface area contributed by atoms with Crippen LogP contribution in [-0.2, 0) is 43.5 Å². The second-order valence-corrected chi connectivity index (χ2v) is 14.7. The SMILES string of the molecule is CCCC(CCC)S(=O)(=O)C[C@@H](NC(=O)OCC(=O)N(CC)CC)C(=O)N(Cc1cccc(CC)c1)C[C@@H](O)[C@@H]([NH])Cc1cc(F)cc(F)c1. The molecule has 2 rings (SSSR count). The van der Waals surface area contributed by atoms with Gasteiger partial charge >= 0.3 is 6.09 Å². The third kappa shape index (κ3) is 13.6. The zero-order valence-electron chi connectivity index (χ0n) is 29.8. The molecule has 0 aromatic heterocycles. The number of carbonyl (C=O) groups is 3. The highest BCUT2D eigenvalue weighted by molar-refractivity contribution is 7.92. The van der Waals surface area contributed by atoms with Gasteiger partial charge in [0, 0.05) is 32.2 Å². The lowest BCUT2D eigenvalue weighted by Gasteiger charge is -2.32. The van der Waals surface area contributed by atoms with E-state index in [0.717, 1.165) is 17.7 Å². The van der Waals surface area contributed by atoms with Crippen molar-refractivity contribution >= 4 is 27.7 Å². The maximum Gasteiger partial charge on any atom is 0.408 e. The molecule has 3 N–H and O–H groups in total. The number of ether oxygens (including phenoxy) is 1. The van der Waals surface area contributed by atoms with Crippen LogP contribution >= 0.6 is 0 Å². The lowest BCUT2D eigenvalue weighted by atomic mass is 10.0. The van der Waals surface area contributed by atoms with Crippen LogP contribution in [0, 0.1) is 11.6 Å². The second kappa shape index (κ2) is 20.9. The molecule has 0 aliphatic heterocycles. The maximum atomic E-state index is 14.3. The maximum absolute atomic E-state index is 14.3. The van der Waals surface area contributed by atoms with Gasteiger partial charge in [-0.1, -0.05) is 57.9 Å². The van der Waals surface area contributed by atoms with Gasteiger partial charge in [-0.2, -0.15) is 0 Å². The molecule has 0 bridgehead atoms. The van der Waals surface area contributed by atoms with Crippen molar-refractivity contribution in [1.29, 1.82) is 0 Å². The van der Waals surface area contributed by atoms with Gasteiger partial charge in [-0.3, -0.25) is 15.3 Å². The van der Waals surface area contributed by atoms with Gasteiger partial charge in [0.2, 0.25) is 5.91 Å². The van der Waals surface area contributed by atoms with E-state index in [0.29, 0.717) is 56.8 Å². The Labute approximate surface area is 295 Å². The average molecular weight is 724 g/mol. The van der Waals surface area contributed by atoms with Crippen molar-refractivity contribution in [2.45, 2.75) is 103 Å². The number of aliphatic hydroxyl groups excluding tert-OH is 1. The molecule has 0 heterocycles. The Morgan fingerprint density at radius 2 is 1.50 bits per heavy atom. The summed E-state index contributed by atoms with van der Waals surface area (Å²) in [6.45, 7) is 8.78. The van der Waals surface area contributed by atoms with Crippen LogP contribution in [0.1, 0.15) is 77.0 Å². The third-order valence-electron chi connectivity index (χ3n) is 8.50. The van der Waals surface area contributed by atoms with E-state index in [1.165, 1.54) is 9.80 Å². The number of amides is 3. The molecule has 1 radical (unpaired) electrons. The van der Waals surface area contributed by atoms with Crippen LogP contribution in [0.2, 0.25) is 0 Å². The van der Waals surface area contributed by atoms with Crippen molar-refractivity contribution in [3.63, 3.8) is 0 Å². The number of halogens is 2. The number of nitrogens with zero attached hydrogens (tertiary/aromatic N) is 2. The predicted molar refractivity (Wildman–Crippen MR) is 188 cm³/mol. The summed E-state index contributed by atoms with van der Waals surface area (Å²) in [6.07, 6.45) is -0.358. The summed E-state index contributed by atoms with van der Waals surface area (Å²) in [5.74, 6) is -3.74. The summed E-state index contributed by atoms with van der Waals surface area (Å²) in [6, 6.07) is 7.13. The van der Waals surface area contributed by atoms with E-state index in [9.17, 15) is 36.7 Å². The molecule has 0 saturated carbocycles. The van der Waals surface area contributed by atoms with Crippen molar-refractivity contribution < 1.29 is 41.4 Å². The molecule has 0 fully saturated rings. The van der Waals surface area contributed by atoms with Gasteiger partial charge in [0.15, 0.2) is 16.4 Å². The van der Waals surface area contributed by atoms with Gasteiger partial charge in [-0.05, 0) is 68.4 Å². The van der Waals surface area contributed by atoms with Gasteiger partial charge in [0.05, 0.1) is 23.1 Å². The molecule has 2 aromatic carbocycles. The number of nitrogens with one attached hydrogen (secondary N) is 2. The predicted octanol–water partition coefficient (Wildman–Crippen LogP) is 4.46. The van der Waals surface area contributed by atoms with E-state index in [4.69, 9.17) is 10.5 Å². The summed E-state index contributed by atoms with van der Waals surface area (Å²) in [5, 5.41) is 12.8. The Morgan fingerprint density at radius 1 is 0.900 bits per heavy atom. The van der Waals surface area contributed by atoms with Gasteiger partial charge in [0.25, 0.3) is 5.91 Å². The number of aliphatic hydroxyl groups is 1. The summed E-state index contributed by atoms with van der Waals surface area (Å²) < 4.78 is 60.2. The molecule has 0 aliphatic rings. The number of rotatable bonds is 21. The number of carbonyl (C=O) groups excluding carboxylic acids is 3. The zero-order valence-corrected chi connectivity index (χ0v) is 30.6. The van der Waals surface area contributed by atoms with Gasteiger partial charge in [-0.25, -0.2) is 22.0 Å².